The molecule has 4 rings (SSSR count). The number of nitrogens with two attached hydrogens (primary N) is 2. The number of hydrogen-bond donors (Lipinski definition) is 4. The summed E-state index contributed by atoms with van der Waals surface area (Å²) in [6.45, 7) is 3.00. The molecule has 4 heterocycles. The molecule has 9 nitrogen and oxygen atoms in total. The molecule has 6 N–H and O–H groups in total. The number of aliphatic hydroxyl groups excluding tert-OH is 2. The Morgan fingerprint density at radius 3 is 2.84 bits per heavy atom. The molecule has 2 aromatic rings. The van der Waals surface area contributed by atoms with Crippen LogP contribution in [0.1, 0.15) is 18.2 Å². The third-order valence-electron chi connectivity index (χ3n) is 4.65. The van der Waals surface area contributed by atoms with Gasteiger partial charge < -0.3 is 26.4 Å². The largest absolute Gasteiger partial charge is 0.506 e. The summed E-state index contributed by atoms with van der Waals surface area (Å²) >= 11 is 0. The van der Waals surface area contributed by atoms with Gasteiger partial charge in [0, 0.05) is 19.3 Å². The molecule has 0 aromatic carbocycles. The molecule has 0 saturated carbocycles. The van der Waals surface area contributed by atoms with Crippen molar-refractivity contribution in [2.24, 2.45) is 5.73 Å². The van der Waals surface area contributed by atoms with Crippen LogP contribution in [-0.4, -0.2) is 61.9 Å². The normalized spacial score (nSPS) is 23.4. The number of hydrogen-bond acceptors (Lipinski definition) is 8. The van der Waals surface area contributed by atoms with Crippen molar-refractivity contribution in [3.05, 3.63) is 29.6 Å². The van der Waals surface area contributed by atoms with E-state index in [-0.39, 0.29) is 5.76 Å². The number of nitrogen functional groups attached to an aromatic ring is 1. The fourth-order valence-electron chi connectivity index (χ4n) is 3.19. The Bertz CT molecular complexity index is 829. The number of aryl methyl sites for hydroxylation is 1. The Labute approximate surface area is 144 Å². The maximum absolute atomic E-state index is 10.5. The van der Waals surface area contributed by atoms with E-state index in [0.717, 1.165) is 36.9 Å². The van der Waals surface area contributed by atoms with Crippen LogP contribution in [0.25, 0.3) is 11.0 Å². The number of aliphatic hydroxyl groups is 2. The molecule has 0 aliphatic carbocycles. The quantitative estimate of drug-likeness (QED) is 0.532. The molecule has 2 atom stereocenters. The average molecular weight is 346 g/mol. The lowest BCUT2D eigenvalue weighted by Gasteiger charge is -2.18. The van der Waals surface area contributed by atoms with Gasteiger partial charge in [0.1, 0.15) is 17.8 Å². The lowest BCUT2D eigenvalue weighted by atomic mass is 10.1. The van der Waals surface area contributed by atoms with Crippen LogP contribution in [-0.2, 0) is 11.2 Å². The maximum atomic E-state index is 10.5. The van der Waals surface area contributed by atoms with Crippen LogP contribution in [0.15, 0.2) is 24.0 Å². The molecule has 1 saturated heterocycles. The summed E-state index contributed by atoms with van der Waals surface area (Å²) in [4.78, 5) is 10.5. The Morgan fingerprint density at radius 2 is 2.12 bits per heavy atom. The third kappa shape index (κ3) is 2.80. The Kier molecular flexibility index (Phi) is 3.98. The van der Waals surface area contributed by atoms with Crippen LogP contribution in [0, 0.1) is 0 Å². The minimum absolute atomic E-state index is 0.121. The number of ether oxygens (including phenoxy) is 1. The molecule has 0 spiro atoms. The third-order valence-corrected chi connectivity index (χ3v) is 4.65. The molecule has 0 radical (unpaired) electrons. The van der Waals surface area contributed by atoms with Gasteiger partial charge >= 0.3 is 0 Å². The smallest absolute Gasteiger partial charge is 0.210 e. The first kappa shape index (κ1) is 16.1. The Hall–Kier alpha value is -2.36. The lowest BCUT2D eigenvalue weighted by Crippen LogP contribution is -2.22. The second kappa shape index (κ2) is 6.17. The van der Waals surface area contributed by atoms with Crippen molar-refractivity contribution in [3.8, 4) is 0 Å². The summed E-state index contributed by atoms with van der Waals surface area (Å²) < 4.78 is 7.58. The molecule has 9 heteroatoms. The number of aromatic nitrogens is 3. The first-order valence-corrected chi connectivity index (χ1v) is 8.39. The Balaban J connectivity index is 1.70. The minimum atomic E-state index is -1.15. The van der Waals surface area contributed by atoms with E-state index in [4.69, 9.17) is 16.2 Å². The van der Waals surface area contributed by atoms with Gasteiger partial charge in [0.25, 0.3) is 0 Å². The van der Waals surface area contributed by atoms with Gasteiger partial charge in [-0.3, -0.25) is 9.47 Å². The lowest BCUT2D eigenvalue weighted by molar-refractivity contribution is -0.00773. The summed E-state index contributed by atoms with van der Waals surface area (Å²) in [6, 6.07) is 0. The van der Waals surface area contributed by atoms with Gasteiger partial charge in [0.05, 0.1) is 11.9 Å². The number of nitrogens with zero attached hydrogens (tertiary/aromatic N) is 4. The molecule has 1 unspecified atom stereocenters. The summed E-state index contributed by atoms with van der Waals surface area (Å²) in [7, 11) is 0. The molecule has 2 aliphatic heterocycles. The zero-order chi connectivity index (χ0) is 17.6. The second-order valence-electron chi connectivity index (χ2n) is 6.45. The first-order chi connectivity index (χ1) is 12.1. The highest BCUT2D eigenvalue weighted by Crippen LogP contribution is 2.36. The van der Waals surface area contributed by atoms with E-state index >= 15 is 0 Å². The van der Waals surface area contributed by atoms with E-state index in [1.807, 2.05) is 6.20 Å². The fraction of sp³-hybridized carbons (Fsp3) is 0.500. The monoisotopic (exact) mass is 346 g/mol. The van der Waals surface area contributed by atoms with E-state index in [9.17, 15) is 10.2 Å². The summed E-state index contributed by atoms with van der Waals surface area (Å²) in [5.41, 5.74) is 13.2. The van der Waals surface area contributed by atoms with Crippen molar-refractivity contribution < 1.29 is 14.9 Å². The highest BCUT2D eigenvalue weighted by Gasteiger charge is 2.39. The van der Waals surface area contributed by atoms with Crippen molar-refractivity contribution in [2.75, 3.05) is 31.9 Å². The fourth-order valence-corrected chi connectivity index (χ4v) is 3.19. The molecule has 2 aromatic heterocycles. The minimum Gasteiger partial charge on any atom is -0.506 e. The number of fused-ring (bicyclic) bond motifs is 1. The Morgan fingerprint density at radius 1 is 1.32 bits per heavy atom. The van der Waals surface area contributed by atoms with E-state index < -0.39 is 12.3 Å². The molecule has 0 amide bonds. The number of rotatable bonds is 6. The van der Waals surface area contributed by atoms with Crippen LogP contribution >= 0.6 is 0 Å². The van der Waals surface area contributed by atoms with Crippen molar-refractivity contribution in [3.63, 3.8) is 0 Å². The topological polar surface area (TPSA) is 135 Å². The van der Waals surface area contributed by atoms with Crippen LogP contribution in [0.2, 0.25) is 0 Å². The van der Waals surface area contributed by atoms with Gasteiger partial charge in [-0.25, -0.2) is 9.97 Å². The van der Waals surface area contributed by atoms with E-state index in [0.29, 0.717) is 30.3 Å². The SMILES string of the molecule is NCCCc1cn([C@@H]2OC(CN3CC3)=C(O)C2O)c2ncnc(N)c12. The van der Waals surface area contributed by atoms with Gasteiger partial charge in [-0.05, 0) is 24.9 Å². The van der Waals surface area contributed by atoms with Crippen molar-refractivity contribution in [1.29, 1.82) is 0 Å². The summed E-state index contributed by atoms with van der Waals surface area (Å²) in [6.07, 6.45) is 2.83. The van der Waals surface area contributed by atoms with Gasteiger partial charge in [-0.15, -0.1) is 0 Å². The van der Waals surface area contributed by atoms with Crippen molar-refractivity contribution in [2.45, 2.75) is 25.2 Å². The predicted octanol–water partition coefficient (Wildman–Crippen LogP) is -0.120. The van der Waals surface area contributed by atoms with Gasteiger partial charge in [-0.1, -0.05) is 0 Å². The maximum Gasteiger partial charge on any atom is 0.210 e. The molecule has 2 aliphatic rings. The van der Waals surface area contributed by atoms with Gasteiger partial charge in [0.2, 0.25) is 6.23 Å². The molecule has 1 fully saturated rings. The molecule has 25 heavy (non-hydrogen) atoms. The summed E-state index contributed by atoms with van der Waals surface area (Å²) in [5.74, 6) is 0.663. The van der Waals surface area contributed by atoms with Gasteiger partial charge in [0.15, 0.2) is 17.6 Å². The van der Waals surface area contributed by atoms with E-state index in [2.05, 4.69) is 14.9 Å². The van der Waals surface area contributed by atoms with Crippen molar-refractivity contribution in [1.82, 2.24) is 19.4 Å². The molecular formula is C16H22N6O3. The van der Waals surface area contributed by atoms with E-state index in [1.54, 1.807) is 4.57 Å². The average Bonchev–Trinajstić information content (AvgIpc) is 3.28. The molecular weight excluding hydrogens is 324 g/mol. The van der Waals surface area contributed by atoms with Crippen LogP contribution in [0.5, 0.6) is 0 Å². The van der Waals surface area contributed by atoms with Crippen LogP contribution < -0.4 is 11.5 Å². The zero-order valence-corrected chi connectivity index (χ0v) is 13.8. The van der Waals surface area contributed by atoms with Crippen LogP contribution in [0.3, 0.4) is 0 Å². The van der Waals surface area contributed by atoms with Gasteiger partial charge in [-0.2, -0.15) is 0 Å². The second-order valence-corrected chi connectivity index (χ2v) is 6.45. The summed E-state index contributed by atoms with van der Waals surface area (Å²) in [5, 5.41) is 21.4. The standard InChI is InChI=1S/C16H22N6O3/c17-3-1-2-9-6-22(15-11(9)14(18)19-8-20-15)16-13(24)12(23)10(25-16)7-21-4-5-21/h6,8,13,16,23-24H,1-5,7,17H2,(H2,18,19,20)/t13?,16-/m1/s1. The van der Waals surface area contributed by atoms with E-state index in [1.165, 1.54) is 6.33 Å². The zero-order valence-electron chi connectivity index (χ0n) is 13.8. The highest BCUT2D eigenvalue weighted by molar-refractivity contribution is 5.89. The predicted molar refractivity (Wildman–Crippen MR) is 91.5 cm³/mol. The molecule has 134 valence electrons. The van der Waals surface area contributed by atoms with Crippen LogP contribution in [0.4, 0.5) is 5.82 Å². The number of anilines is 1. The first-order valence-electron chi connectivity index (χ1n) is 8.39. The highest BCUT2D eigenvalue weighted by atomic mass is 16.5. The molecule has 0 bridgehead atoms. The van der Waals surface area contributed by atoms with Crippen molar-refractivity contribution >= 4 is 16.9 Å².